The number of nitrogen functional groups attached to an aromatic ring is 2. The van der Waals surface area contributed by atoms with E-state index in [0.29, 0.717) is 24.3 Å². The quantitative estimate of drug-likeness (QED) is 0.400. The van der Waals surface area contributed by atoms with E-state index in [9.17, 15) is 52.7 Å². The zero-order chi connectivity index (χ0) is 24.2. The monoisotopic (exact) mass is 470 g/mol. The minimum Gasteiger partial charge on any atom is -0.398 e. The number of benzene rings is 2. The summed E-state index contributed by atoms with van der Waals surface area (Å²) in [6.07, 6.45) is -25.2. The van der Waals surface area contributed by atoms with E-state index < -0.39 is 63.7 Å². The van der Waals surface area contributed by atoms with Gasteiger partial charge in [-0.05, 0) is 23.3 Å². The summed E-state index contributed by atoms with van der Waals surface area (Å²) in [6.45, 7) is 0. The highest BCUT2D eigenvalue weighted by atomic mass is 19.4. The summed E-state index contributed by atoms with van der Waals surface area (Å²) in [5.41, 5.74) is -9.06. The zero-order valence-electron chi connectivity index (χ0n) is 14.7. The first-order valence-corrected chi connectivity index (χ1v) is 7.83. The molecule has 0 aliphatic heterocycles. The van der Waals surface area contributed by atoms with Gasteiger partial charge in [0.15, 0.2) is 0 Å². The Hall–Kier alpha value is -2.80. The highest BCUT2D eigenvalue weighted by Gasteiger charge is 2.75. The standard InChI is InChI=1S/C17H10F12N2/c18-14(19,20)11-7(3-1-5-9(11)30)13(16(24,25)26,17(27,28)29)8-4-2-6-10(31)12(8)15(21,22)23/h1-6H,30-31H2. The van der Waals surface area contributed by atoms with E-state index in [2.05, 4.69) is 0 Å². The fourth-order valence-electron chi connectivity index (χ4n) is 3.31. The van der Waals surface area contributed by atoms with Crippen LogP contribution in [0.4, 0.5) is 64.1 Å². The second kappa shape index (κ2) is 7.12. The first-order chi connectivity index (χ1) is 13.8. The third kappa shape index (κ3) is 3.83. The average Bonchev–Trinajstić information content (AvgIpc) is 2.50. The lowest BCUT2D eigenvalue weighted by Crippen LogP contribution is -2.56. The van der Waals surface area contributed by atoms with Gasteiger partial charge in [0, 0.05) is 11.4 Å². The van der Waals surface area contributed by atoms with Crippen LogP contribution in [0.3, 0.4) is 0 Å². The van der Waals surface area contributed by atoms with Gasteiger partial charge in [0.25, 0.3) is 0 Å². The van der Waals surface area contributed by atoms with Crippen LogP contribution in [0.25, 0.3) is 0 Å². The first kappa shape index (κ1) is 24.5. The summed E-state index contributed by atoms with van der Waals surface area (Å²) in [5.74, 6) is 0. The van der Waals surface area contributed by atoms with Crippen molar-refractivity contribution in [2.45, 2.75) is 30.1 Å². The molecule has 0 heterocycles. The lowest BCUT2D eigenvalue weighted by Gasteiger charge is -2.41. The van der Waals surface area contributed by atoms with Crippen molar-refractivity contribution in [3.05, 3.63) is 58.7 Å². The van der Waals surface area contributed by atoms with E-state index in [-0.39, 0.29) is 12.1 Å². The number of rotatable bonds is 2. The van der Waals surface area contributed by atoms with Crippen molar-refractivity contribution in [3.8, 4) is 0 Å². The highest BCUT2D eigenvalue weighted by Crippen LogP contribution is 2.61. The Morgan fingerprint density at radius 1 is 0.484 bits per heavy atom. The molecule has 0 aromatic heterocycles. The molecule has 14 heteroatoms. The number of hydrogen-bond acceptors (Lipinski definition) is 2. The molecule has 0 radical (unpaired) electrons. The van der Waals surface area contributed by atoms with Gasteiger partial charge in [-0.25, -0.2) is 0 Å². The summed E-state index contributed by atoms with van der Waals surface area (Å²) in [5, 5.41) is 0. The zero-order valence-corrected chi connectivity index (χ0v) is 14.7. The molecular formula is C17H10F12N2. The normalized spacial score (nSPS) is 14.1. The van der Waals surface area contributed by atoms with Crippen LogP contribution in [0.2, 0.25) is 0 Å². The molecule has 0 amide bonds. The molecule has 2 nitrogen and oxygen atoms in total. The Bertz CT molecular complexity index is 888. The van der Waals surface area contributed by atoms with E-state index in [1.165, 1.54) is 0 Å². The van der Waals surface area contributed by atoms with Crippen molar-refractivity contribution in [3.63, 3.8) is 0 Å². The minimum absolute atomic E-state index is 0.219. The number of halogens is 12. The predicted molar refractivity (Wildman–Crippen MR) is 84.6 cm³/mol. The molecule has 4 N–H and O–H groups in total. The molecule has 31 heavy (non-hydrogen) atoms. The van der Waals surface area contributed by atoms with Crippen molar-refractivity contribution in [1.29, 1.82) is 0 Å². The van der Waals surface area contributed by atoms with E-state index in [1.54, 1.807) is 0 Å². The molecule has 0 unspecified atom stereocenters. The third-order valence-electron chi connectivity index (χ3n) is 4.42. The summed E-state index contributed by atoms with van der Waals surface area (Å²) in [6, 6.07) is 0.978. The molecule has 172 valence electrons. The van der Waals surface area contributed by atoms with E-state index in [0.717, 1.165) is 0 Å². The van der Waals surface area contributed by atoms with Gasteiger partial charge in [-0.2, -0.15) is 52.7 Å². The van der Waals surface area contributed by atoms with Crippen LogP contribution in [0.15, 0.2) is 36.4 Å². The minimum atomic E-state index is -6.73. The average molecular weight is 470 g/mol. The third-order valence-corrected chi connectivity index (χ3v) is 4.42. The van der Waals surface area contributed by atoms with Crippen molar-refractivity contribution < 1.29 is 52.7 Å². The van der Waals surface area contributed by atoms with Gasteiger partial charge in [-0.3, -0.25) is 0 Å². The molecule has 2 aromatic rings. The van der Waals surface area contributed by atoms with Crippen LogP contribution < -0.4 is 11.5 Å². The van der Waals surface area contributed by atoms with Crippen molar-refractivity contribution in [1.82, 2.24) is 0 Å². The van der Waals surface area contributed by atoms with Crippen LogP contribution >= 0.6 is 0 Å². The fraction of sp³-hybridized carbons (Fsp3) is 0.294. The van der Waals surface area contributed by atoms with Crippen LogP contribution in [-0.2, 0) is 17.8 Å². The topological polar surface area (TPSA) is 52.0 Å². The van der Waals surface area contributed by atoms with Crippen molar-refractivity contribution >= 4 is 11.4 Å². The van der Waals surface area contributed by atoms with Gasteiger partial charge in [0.1, 0.15) is 0 Å². The summed E-state index contributed by atoms with van der Waals surface area (Å²) in [4.78, 5) is 0. The Labute approximate surface area is 165 Å². The molecule has 2 aromatic carbocycles. The largest absolute Gasteiger partial charge is 0.418 e. The van der Waals surface area contributed by atoms with Gasteiger partial charge in [-0.15, -0.1) is 0 Å². The van der Waals surface area contributed by atoms with E-state index in [1.807, 2.05) is 0 Å². The van der Waals surface area contributed by atoms with E-state index in [4.69, 9.17) is 11.5 Å². The Morgan fingerprint density at radius 2 is 0.774 bits per heavy atom. The smallest absolute Gasteiger partial charge is 0.398 e. The number of alkyl halides is 12. The molecular weight excluding hydrogens is 460 g/mol. The summed E-state index contributed by atoms with van der Waals surface area (Å²) >= 11 is 0. The Morgan fingerprint density at radius 3 is 1.00 bits per heavy atom. The molecule has 2 rings (SSSR count). The van der Waals surface area contributed by atoms with Crippen LogP contribution in [-0.4, -0.2) is 12.4 Å². The molecule has 0 atom stereocenters. The molecule has 0 fully saturated rings. The SMILES string of the molecule is Nc1cccc(C(c2cccc(N)c2C(F)(F)F)(C(F)(F)F)C(F)(F)F)c1C(F)(F)F. The highest BCUT2D eigenvalue weighted by molar-refractivity contribution is 5.63. The molecule has 0 aliphatic carbocycles. The fourth-order valence-corrected chi connectivity index (χ4v) is 3.31. The summed E-state index contributed by atoms with van der Waals surface area (Å²) < 4.78 is 166. The second-order valence-electron chi connectivity index (χ2n) is 6.28. The second-order valence-corrected chi connectivity index (χ2v) is 6.28. The molecule has 0 saturated heterocycles. The molecule has 0 bridgehead atoms. The maximum atomic E-state index is 14.1. The van der Waals surface area contributed by atoms with Crippen LogP contribution in [0.5, 0.6) is 0 Å². The lowest BCUT2D eigenvalue weighted by atomic mass is 9.69. The Balaban J connectivity index is 3.29. The van der Waals surface area contributed by atoms with Gasteiger partial charge >= 0.3 is 24.7 Å². The predicted octanol–water partition coefficient (Wildman–Crippen LogP) is 6.30. The van der Waals surface area contributed by atoms with Gasteiger partial charge in [-0.1, -0.05) is 24.3 Å². The first-order valence-electron chi connectivity index (χ1n) is 7.83. The molecule has 0 saturated carbocycles. The molecule has 0 aliphatic rings. The maximum Gasteiger partial charge on any atom is 0.418 e. The van der Waals surface area contributed by atoms with Crippen molar-refractivity contribution in [2.24, 2.45) is 0 Å². The lowest BCUT2D eigenvalue weighted by molar-refractivity contribution is -0.290. The Kier molecular flexibility index (Phi) is 5.62. The van der Waals surface area contributed by atoms with Crippen LogP contribution in [0.1, 0.15) is 22.3 Å². The number of nitrogens with two attached hydrogens (primary N) is 2. The van der Waals surface area contributed by atoms with Gasteiger partial charge < -0.3 is 11.5 Å². The van der Waals surface area contributed by atoms with Crippen molar-refractivity contribution in [2.75, 3.05) is 11.5 Å². The van der Waals surface area contributed by atoms with Gasteiger partial charge in [0.2, 0.25) is 5.41 Å². The molecule has 0 spiro atoms. The van der Waals surface area contributed by atoms with Crippen LogP contribution in [0, 0.1) is 0 Å². The van der Waals surface area contributed by atoms with E-state index >= 15 is 0 Å². The maximum absolute atomic E-state index is 14.1. The number of hydrogen-bond donors (Lipinski definition) is 2. The number of anilines is 2. The van der Waals surface area contributed by atoms with Gasteiger partial charge in [0.05, 0.1) is 11.1 Å². The summed E-state index contributed by atoms with van der Waals surface area (Å²) in [7, 11) is 0.